The summed E-state index contributed by atoms with van der Waals surface area (Å²) in [5.74, 6) is 0.327. The number of aromatic nitrogens is 3. The van der Waals surface area contributed by atoms with Gasteiger partial charge in [0, 0.05) is 11.6 Å². The lowest BCUT2D eigenvalue weighted by Gasteiger charge is -2.16. The molecule has 136 valence electrons. The van der Waals surface area contributed by atoms with E-state index in [1.807, 2.05) is 0 Å². The van der Waals surface area contributed by atoms with Crippen molar-refractivity contribution < 1.29 is 18.2 Å². The zero-order valence-electron chi connectivity index (χ0n) is 14.5. The number of benzene rings is 1. The molecule has 2 aromatic heterocycles. The predicted molar refractivity (Wildman–Crippen MR) is 90.6 cm³/mol. The zero-order valence-corrected chi connectivity index (χ0v) is 14.5. The maximum atomic E-state index is 13.0. The Kier molecular flexibility index (Phi) is 5.08. The third kappa shape index (κ3) is 4.12. The van der Waals surface area contributed by atoms with Crippen molar-refractivity contribution >= 4 is 11.8 Å². The first-order chi connectivity index (χ1) is 12.4. The van der Waals surface area contributed by atoms with Gasteiger partial charge in [-0.1, -0.05) is 10.3 Å². The lowest BCUT2D eigenvalue weighted by atomic mass is 10.2. The number of aryl methyl sites for hydroxylation is 1. The van der Waals surface area contributed by atoms with Gasteiger partial charge in [0.1, 0.15) is 5.82 Å². The van der Waals surface area contributed by atoms with E-state index in [0.29, 0.717) is 23.0 Å². The number of rotatable bonds is 6. The van der Waals surface area contributed by atoms with E-state index in [0.717, 1.165) is 0 Å². The second kappa shape index (κ2) is 7.44. The quantitative estimate of drug-likeness (QED) is 0.697. The van der Waals surface area contributed by atoms with Crippen LogP contribution in [0, 0.1) is 12.7 Å². The summed E-state index contributed by atoms with van der Waals surface area (Å²) in [5.41, 5.74) is 1.31. The summed E-state index contributed by atoms with van der Waals surface area (Å²) >= 11 is 0. The third-order valence-electron chi connectivity index (χ3n) is 3.68. The Bertz CT molecular complexity index is 890. The first-order valence-corrected chi connectivity index (χ1v) is 8.02. The Hall–Kier alpha value is -3.07. The average molecular weight is 359 g/mol. The molecule has 26 heavy (non-hydrogen) atoms. The van der Waals surface area contributed by atoms with Crippen LogP contribution < -0.4 is 10.6 Å². The van der Waals surface area contributed by atoms with Crippen LogP contribution in [-0.4, -0.2) is 27.2 Å². The van der Waals surface area contributed by atoms with Gasteiger partial charge in [-0.2, -0.15) is 4.98 Å². The first-order valence-electron chi connectivity index (χ1n) is 8.02. The van der Waals surface area contributed by atoms with Gasteiger partial charge in [-0.3, -0.25) is 15.4 Å². The highest BCUT2D eigenvalue weighted by Crippen LogP contribution is 2.19. The van der Waals surface area contributed by atoms with Crippen LogP contribution >= 0.6 is 0 Å². The monoisotopic (exact) mass is 359 g/mol. The van der Waals surface area contributed by atoms with Crippen molar-refractivity contribution in [3.8, 4) is 11.4 Å². The SMILES string of the molecule is Cc1cc(NC(=O)[C@H](C)N[C@@H](C)c2nc(-c3ccc(F)cc3)no2)on1. The van der Waals surface area contributed by atoms with Crippen LogP contribution in [-0.2, 0) is 4.79 Å². The second-order valence-corrected chi connectivity index (χ2v) is 5.89. The number of carbonyl (C=O) groups is 1. The predicted octanol–water partition coefficient (Wildman–Crippen LogP) is 2.85. The van der Waals surface area contributed by atoms with E-state index >= 15 is 0 Å². The van der Waals surface area contributed by atoms with Gasteiger partial charge in [-0.05, 0) is 45.0 Å². The van der Waals surface area contributed by atoms with E-state index in [-0.39, 0.29) is 23.7 Å². The van der Waals surface area contributed by atoms with Crippen LogP contribution in [0.5, 0.6) is 0 Å². The molecule has 0 saturated carbocycles. The molecule has 9 heteroatoms. The number of hydrogen-bond acceptors (Lipinski definition) is 7. The molecular formula is C17H18FN5O3. The van der Waals surface area contributed by atoms with Crippen molar-refractivity contribution in [1.82, 2.24) is 20.6 Å². The molecule has 0 unspecified atom stereocenters. The largest absolute Gasteiger partial charge is 0.338 e. The molecule has 1 amide bonds. The number of carbonyl (C=O) groups excluding carboxylic acids is 1. The number of anilines is 1. The molecule has 8 nitrogen and oxygen atoms in total. The summed E-state index contributed by atoms with van der Waals surface area (Å²) in [6.45, 7) is 5.26. The maximum Gasteiger partial charge on any atom is 0.243 e. The van der Waals surface area contributed by atoms with Crippen molar-refractivity contribution in [3.63, 3.8) is 0 Å². The maximum absolute atomic E-state index is 13.0. The fourth-order valence-electron chi connectivity index (χ4n) is 2.30. The molecule has 0 aliphatic heterocycles. The van der Waals surface area contributed by atoms with Crippen molar-refractivity contribution in [1.29, 1.82) is 0 Å². The lowest BCUT2D eigenvalue weighted by Crippen LogP contribution is -2.39. The molecular weight excluding hydrogens is 341 g/mol. The number of hydrogen-bond donors (Lipinski definition) is 2. The summed E-state index contributed by atoms with van der Waals surface area (Å²) in [6.07, 6.45) is 0. The van der Waals surface area contributed by atoms with Crippen LogP contribution in [0.4, 0.5) is 10.3 Å². The molecule has 2 N–H and O–H groups in total. The van der Waals surface area contributed by atoms with E-state index in [1.54, 1.807) is 39.0 Å². The summed E-state index contributed by atoms with van der Waals surface area (Å²) in [7, 11) is 0. The Labute approximate surface area is 148 Å². The summed E-state index contributed by atoms with van der Waals surface area (Å²) in [6, 6.07) is 6.50. The summed E-state index contributed by atoms with van der Waals surface area (Å²) < 4.78 is 23.2. The number of nitrogens with zero attached hydrogens (tertiary/aromatic N) is 3. The number of halogens is 1. The number of amides is 1. The van der Waals surface area contributed by atoms with E-state index in [4.69, 9.17) is 9.05 Å². The Balaban J connectivity index is 1.61. The van der Waals surface area contributed by atoms with Gasteiger partial charge in [0.25, 0.3) is 0 Å². The molecule has 3 rings (SSSR count). The molecule has 0 bridgehead atoms. The summed E-state index contributed by atoms with van der Waals surface area (Å²) in [5, 5.41) is 13.3. The molecule has 0 aliphatic rings. The minimum Gasteiger partial charge on any atom is -0.338 e. The van der Waals surface area contributed by atoms with Gasteiger partial charge in [0.2, 0.25) is 23.5 Å². The van der Waals surface area contributed by atoms with Gasteiger partial charge in [-0.15, -0.1) is 0 Å². The van der Waals surface area contributed by atoms with E-state index < -0.39 is 6.04 Å². The molecule has 0 spiro atoms. The fourth-order valence-corrected chi connectivity index (χ4v) is 2.30. The minimum atomic E-state index is -0.545. The fraction of sp³-hybridized carbons (Fsp3) is 0.294. The van der Waals surface area contributed by atoms with Crippen molar-refractivity contribution in [2.75, 3.05) is 5.32 Å². The van der Waals surface area contributed by atoms with Crippen molar-refractivity contribution in [2.24, 2.45) is 0 Å². The molecule has 3 aromatic rings. The zero-order chi connectivity index (χ0) is 18.7. The molecule has 0 radical (unpaired) electrons. The van der Waals surface area contributed by atoms with E-state index in [9.17, 15) is 9.18 Å². The van der Waals surface area contributed by atoms with Gasteiger partial charge < -0.3 is 9.05 Å². The normalized spacial score (nSPS) is 13.4. The van der Waals surface area contributed by atoms with Crippen LogP contribution in [0.2, 0.25) is 0 Å². The Morgan fingerprint density at radius 2 is 1.88 bits per heavy atom. The molecule has 2 heterocycles. The highest BCUT2D eigenvalue weighted by atomic mass is 19.1. The van der Waals surface area contributed by atoms with Crippen LogP contribution in [0.15, 0.2) is 39.4 Å². The summed E-state index contributed by atoms with van der Waals surface area (Å²) in [4.78, 5) is 16.5. The molecule has 0 saturated heterocycles. The standard InChI is InChI=1S/C17H18FN5O3/c1-9-8-14(25-22-9)20-16(24)10(2)19-11(3)17-21-15(23-26-17)12-4-6-13(18)7-5-12/h4-8,10-11,19H,1-3H3,(H,20,24)/t10-,11-/m0/s1. The smallest absolute Gasteiger partial charge is 0.243 e. The van der Waals surface area contributed by atoms with E-state index in [1.165, 1.54) is 12.1 Å². The van der Waals surface area contributed by atoms with Crippen LogP contribution in [0.1, 0.15) is 31.5 Å². The van der Waals surface area contributed by atoms with E-state index in [2.05, 4.69) is 25.9 Å². The van der Waals surface area contributed by atoms with Gasteiger partial charge >= 0.3 is 0 Å². The molecule has 0 fully saturated rings. The third-order valence-corrected chi connectivity index (χ3v) is 3.68. The minimum absolute atomic E-state index is 0.283. The second-order valence-electron chi connectivity index (χ2n) is 5.89. The van der Waals surface area contributed by atoms with Crippen LogP contribution in [0.3, 0.4) is 0 Å². The lowest BCUT2D eigenvalue weighted by molar-refractivity contribution is -0.118. The van der Waals surface area contributed by atoms with Gasteiger partial charge in [-0.25, -0.2) is 4.39 Å². The Morgan fingerprint density at radius 1 is 1.15 bits per heavy atom. The van der Waals surface area contributed by atoms with Gasteiger partial charge in [0.15, 0.2) is 0 Å². The molecule has 1 aromatic carbocycles. The molecule has 0 aliphatic carbocycles. The van der Waals surface area contributed by atoms with Crippen molar-refractivity contribution in [3.05, 3.63) is 47.7 Å². The highest BCUT2D eigenvalue weighted by molar-refractivity contribution is 5.93. The number of nitrogens with one attached hydrogen (secondary N) is 2. The molecule has 2 atom stereocenters. The topological polar surface area (TPSA) is 106 Å². The Morgan fingerprint density at radius 3 is 2.54 bits per heavy atom. The first kappa shape index (κ1) is 17.7. The van der Waals surface area contributed by atoms with Crippen molar-refractivity contribution in [2.45, 2.75) is 32.9 Å². The highest BCUT2D eigenvalue weighted by Gasteiger charge is 2.21. The van der Waals surface area contributed by atoms with Gasteiger partial charge in [0.05, 0.1) is 17.8 Å². The van der Waals surface area contributed by atoms with Crippen LogP contribution in [0.25, 0.3) is 11.4 Å². The average Bonchev–Trinajstić information content (AvgIpc) is 3.25.